The van der Waals surface area contributed by atoms with E-state index >= 15 is 0 Å². The van der Waals surface area contributed by atoms with Gasteiger partial charge in [-0.25, -0.2) is 0 Å². The number of aryl methyl sites for hydroxylation is 1. The highest BCUT2D eigenvalue weighted by Crippen LogP contribution is 2.15. The Bertz CT molecular complexity index is 314. The van der Waals surface area contributed by atoms with Gasteiger partial charge in [-0.1, -0.05) is 24.8 Å². The maximum atomic E-state index is 9.18. The molecule has 0 spiro atoms. The number of aliphatic hydroxyl groups excluding tert-OH is 1. The van der Waals surface area contributed by atoms with Gasteiger partial charge in [-0.05, 0) is 44.4 Å². The largest absolute Gasteiger partial charge is 0.487 e. The van der Waals surface area contributed by atoms with Crippen molar-refractivity contribution in [2.45, 2.75) is 38.9 Å². The third-order valence-corrected chi connectivity index (χ3v) is 2.43. The summed E-state index contributed by atoms with van der Waals surface area (Å²) >= 11 is 0. The first kappa shape index (κ1) is 12.8. The second-order valence-corrected chi connectivity index (χ2v) is 4.09. The number of hydrogen-bond acceptors (Lipinski definition) is 2. The van der Waals surface area contributed by atoms with Crippen molar-refractivity contribution in [1.82, 2.24) is 0 Å². The lowest BCUT2D eigenvalue weighted by atomic mass is 10.1. The fourth-order valence-corrected chi connectivity index (χ4v) is 1.37. The normalized spacial score (nSPS) is 14.2. The lowest BCUT2D eigenvalue weighted by molar-refractivity contribution is 0.185. The second kappa shape index (κ2) is 6.33. The van der Waals surface area contributed by atoms with Crippen molar-refractivity contribution >= 4 is 0 Å². The van der Waals surface area contributed by atoms with Crippen LogP contribution < -0.4 is 4.74 Å². The Morgan fingerprint density at radius 3 is 2.44 bits per heavy atom. The van der Waals surface area contributed by atoms with E-state index in [9.17, 15) is 5.11 Å². The van der Waals surface area contributed by atoms with Crippen LogP contribution in [0.4, 0.5) is 0 Å². The molecule has 1 aromatic rings. The molecule has 1 rings (SSSR count). The van der Waals surface area contributed by atoms with Gasteiger partial charge in [-0.15, -0.1) is 0 Å². The first-order chi connectivity index (χ1) is 7.61. The number of aliphatic hydroxyl groups is 1. The van der Waals surface area contributed by atoms with Crippen LogP contribution in [0.3, 0.4) is 0 Å². The molecular weight excluding hydrogens is 200 g/mol. The van der Waals surface area contributed by atoms with E-state index in [1.54, 1.807) is 6.08 Å². The molecule has 1 N–H and O–H groups in total. The molecule has 2 nitrogen and oxygen atoms in total. The van der Waals surface area contributed by atoms with Gasteiger partial charge in [-0.2, -0.15) is 0 Å². The molecule has 2 unspecified atom stereocenters. The van der Waals surface area contributed by atoms with Crippen LogP contribution in [0.5, 0.6) is 5.75 Å². The van der Waals surface area contributed by atoms with Crippen LogP contribution >= 0.6 is 0 Å². The summed E-state index contributed by atoms with van der Waals surface area (Å²) in [4.78, 5) is 0. The predicted octanol–water partition coefficient (Wildman–Crippen LogP) is 2.95. The van der Waals surface area contributed by atoms with Gasteiger partial charge < -0.3 is 9.84 Å². The number of benzene rings is 1. The lowest BCUT2D eigenvalue weighted by Gasteiger charge is -2.11. The van der Waals surface area contributed by atoms with Crippen LogP contribution in [0.15, 0.2) is 36.9 Å². The highest BCUT2D eigenvalue weighted by Gasteiger charge is 2.01. The number of rotatable bonds is 6. The Kier molecular flexibility index (Phi) is 5.06. The van der Waals surface area contributed by atoms with Crippen molar-refractivity contribution in [3.8, 4) is 5.75 Å². The first-order valence-corrected chi connectivity index (χ1v) is 5.68. The standard InChI is InChI=1S/C14H20O2/c1-4-12(3)16-14-9-7-13(8-10-14)6-5-11(2)15/h4,7-12,15H,1,5-6H2,2-3H3. The summed E-state index contributed by atoms with van der Waals surface area (Å²) in [6, 6.07) is 7.98. The van der Waals surface area contributed by atoms with Crippen molar-refractivity contribution in [3.05, 3.63) is 42.5 Å². The molecule has 16 heavy (non-hydrogen) atoms. The van der Waals surface area contributed by atoms with Crippen molar-refractivity contribution < 1.29 is 9.84 Å². The number of hydrogen-bond donors (Lipinski definition) is 1. The highest BCUT2D eigenvalue weighted by atomic mass is 16.5. The first-order valence-electron chi connectivity index (χ1n) is 5.68. The van der Waals surface area contributed by atoms with E-state index in [1.807, 2.05) is 38.1 Å². The summed E-state index contributed by atoms with van der Waals surface area (Å²) in [7, 11) is 0. The van der Waals surface area contributed by atoms with Gasteiger partial charge in [0.2, 0.25) is 0 Å². The molecule has 0 fully saturated rings. The summed E-state index contributed by atoms with van der Waals surface area (Å²) < 4.78 is 5.58. The van der Waals surface area contributed by atoms with Crippen LogP contribution in [0.2, 0.25) is 0 Å². The van der Waals surface area contributed by atoms with E-state index in [4.69, 9.17) is 4.74 Å². The highest BCUT2D eigenvalue weighted by molar-refractivity contribution is 5.27. The molecule has 0 bridgehead atoms. The smallest absolute Gasteiger partial charge is 0.120 e. The van der Waals surface area contributed by atoms with Crippen LogP contribution in [0.25, 0.3) is 0 Å². The molecule has 2 heteroatoms. The summed E-state index contributed by atoms with van der Waals surface area (Å²) in [5.41, 5.74) is 1.22. The minimum absolute atomic E-state index is 0.0308. The Labute approximate surface area is 97.6 Å². The molecule has 0 aromatic heterocycles. The van der Waals surface area contributed by atoms with Gasteiger partial charge in [0.25, 0.3) is 0 Å². The Morgan fingerprint density at radius 2 is 1.94 bits per heavy atom. The topological polar surface area (TPSA) is 29.5 Å². The van der Waals surface area contributed by atoms with Gasteiger partial charge in [0, 0.05) is 0 Å². The summed E-state index contributed by atoms with van der Waals surface area (Å²) in [6.07, 6.45) is 3.25. The van der Waals surface area contributed by atoms with E-state index in [1.165, 1.54) is 5.56 Å². The van der Waals surface area contributed by atoms with Crippen molar-refractivity contribution in [2.24, 2.45) is 0 Å². The maximum absolute atomic E-state index is 9.18. The van der Waals surface area contributed by atoms with Gasteiger partial charge in [0.15, 0.2) is 0 Å². The van der Waals surface area contributed by atoms with E-state index in [0.29, 0.717) is 0 Å². The Morgan fingerprint density at radius 1 is 1.31 bits per heavy atom. The predicted molar refractivity (Wildman–Crippen MR) is 66.7 cm³/mol. The lowest BCUT2D eigenvalue weighted by Crippen LogP contribution is -2.07. The van der Waals surface area contributed by atoms with Crippen LogP contribution in [-0.2, 0) is 6.42 Å². The van der Waals surface area contributed by atoms with Gasteiger partial charge in [0.1, 0.15) is 11.9 Å². The Hall–Kier alpha value is -1.28. The molecule has 0 saturated heterocycles. The molecule has 88 valence electrons. The van der Waals surface area contributed by atoms with E-state index < -0.39 is 0 Å². The molecule has 0 amide bonds. The van der Waals surface area contributed by atoms with Crippen molar-refractivity contribution in [2.75, 3.05) is 0 Å². The van der Waals surface area contributed by atoms with E-state index in [-0.39, 0.29) is 12.2 Å². The van der Waals surface area contributed by atoms with Crippen molar-refractivity contribution in [1.29, 1.82) is 0 Å². The average molecular weight is 220 g/mol. The third kappa shape index (κ3) is 4.49. The van der Waals surface area contributed by atoms with Crippen LogP contribution in [0.1, 0.15) is 25.8 Å². The zero-order valence-corrected chi connectivity index (χ0v) is 10.0. The molecule has 2 atom stereocenters. The van der Waals surface area contributed by atoms with Gasteiger partial charge >= 0.3 is 0 Å². The van der Waals surface area contributed by atoms with Crippen molar-refractivity contribution in [3.63, 3.8) is 0 Å². The second-order valence-electron chi connectivity index (χ2n) is 4.09. The Balaban J connectivity index is 2.50. The quantitative estimate of drug-likeness (QED) is 0.747. The minimum atomic E-state index is -0.239. The fraction of sp³-hybridized carbons (Fsp3) is 0.429. The summed E-state index contributed by atoms with van der Waals surface area (Å²) in [6.45, 7) is 7.43. The SMILES string of the molecule is C=CC(C)Oc1ccc(CCC(C)O)cc1. The maximum Gasteiger partial charge on any atom is 0.120 e. The van der Waals surface area contributed by atoms with Gasteiger partial charge in [0.05, 0.1) is 6.10 Å². The zero-order valence-electron chi connectivity index (χ0n) is 10.0. The molecule has 0 aliphatic rings. The summed E-state index contributed by atoms with van der Waals surface area (Å²) in [5, 5.41) is 9.18. The number of ether oxygens (including phenoxy) is 1. The summed E-state index contributed by atoms with van der Waals surface area (Å²) in [5.74, 6) is 0.855. The molecule has 0 saturated carbocycles. The molecule has 0 radical (unpaired) electrons. The van der Waals surface area contributed by atoms with E-state index in [2.05, 4.69) is 6.58 Å². The van der Waals surface area contributed by atoms with Crippen LogP contribution in [0, 0.1) is 0 Å². The van der Waals surface area contributed by atoms with Crippen LogP contribution in [-0.4, -0.2) is 17.3 Å². The zero-order chi connectivity index (χ0) is 12.0. The van der Waals surface area contributed by atoms with E-state index in [0.717, 1.165) is 18.6 Å². The molecular formula is C14H20O2. The monoisotopic (exact) mass is 220 g/mol. The van der Waals surface area contributed by atoms with Gasteiger partial charge in [-0.3, -0.25) is 0 Å². The average Bonchev–Trinajstić information content (AvgIpc) is 2.28. The molecule has 0 aliphatic heterocycles. The molecule has 0 aliphatic carbocycles. The third-order valence-electron chi connectivity index (χ3n) is 2.43. The fourth-order valence-electron chi connectivity index (χ4n) is 1.37. The molecule has 0 heterocycles. The molecule has 1 aromatic carbocycles. The minimum Gasteiger partial charge on any atom is -0.487 e.